The SMILES string of the molecule is CC(NCCc1cnc[nH]1)c1ccc(F)cc1Cl. The monoisotopic (exact) mass is 267 g/mol. The van der Waals surface area contributed by atoms with Gasteiger partial charge in [0.25, 0.3) is 0 Å². The predicted molar refractivity (Wildman–Crippen MR) is 70.1 cm³/mol. The van der Waals surface area contributed by atoms with Gasteiger partial charge in [-0.25, -0.2) is 9.37 Å². The maximum absolute atomic E-state index is 12.9. The maximum Gasteiger partial charge on any atom is 0.124 e. The molecule has 0 saturated heterocycles. The van der Waals surface area contributed by atoms with Gasteiger partial charge in [-0.2, -0.15) is 0 Å². The van der Waals surface area contributed by atoms with Crippen LogP contribution in [0.3, 0.4) is 0 Å². The molecule has 2 N–H and O–H groups in total. The Bertz CT molecular complexity index is 499. The highest BCUT2D eigenvalue weighted by Gasteiger charge is 2.09. The molecule has 0 aliphatic rings. The first-order valence-corrected chi connectivity index (χ1v) is 6.20. The normalized spacial score (nSPS) is 12.6. The van der Waals surface area contributed by atoms with Gasteiger partial charge in [0.05, 0.1) is 6.33 Å². The summed E-state index contributed by atoms with van der Waals surface area (Å²) in [5, 5.41) is 3.80. The molecule has 0 bridgehead atoms. The Morgan fingerprint density at radius 1 is 1.50 bits per heavy atom. The molecule has 1 aromatic carbocycles. The topological polar surface area (TPSA) is 40.7 Å². The number of nitrogens with zero attached hydrogens (tertiary/aromatic N) is 1. The van der Waals surface area contributed by atoms with E-state index < -0.39 is 0 Å². The summed E-state index contributed by atoms with van der Waals surface area (Å²) in [6, 6.07) is 4.56. The molecule has 18 heavy (non-hydrogen) atoms. The summed E-state index contributed by atoms with van der Waals surface area (Å²) >= 11 is 6.01. The van der Waals surface area contributed by atoms with E-state index >= 15 is 0 Å². The maximum atomic E-state index is 12.9. The third-order valence-corrected chi connectivity index (χ3v) is 3.16. The van der Waals surface area contributed by atoms with Gasteiger partial charge in [0.15, 0.2) is 0 Å². The highest BCUT2D eigenvalue weighted by Crippen LogP contribution is 2.23. The zero-order chi connectivity index (χ0) is 13.0. The molecule has 1 aromatic heterocycles. The van der Waals surface area contributed by atoms with Crippen molar-refractivity contribution in [2.24, 2.45) is 0 Å². The predicted octanol–water partition coefficient (Wildman–Crippen LogP) is 3.10. The van der Waals surface area contributed by atoms with Crippen LogP contribution in [0.5, 0.6) is 0 Å². The van der Waals surface area contributed by atoms with Crippen LogP contribution in [0.2, 0.25) is 5.02 Å². The van der Waals surface area contributed by atoms with Crippen molar-refractivity contribution in [3.05, 3.63) is 52.8 Å². The summed E-state index contributed by atoms with van der Waals surface area (Å²) in [5.41, 5.74) is 1.99. The van der Waals surface area contributed by atoms with E-state index in [1.807, 2.05) is 6.92 Å². The summed E-state index contributed by atoms with van der Waals surface area (Å²) in [7, 11) is 0. The molecule has 2 aromatic rings. The lowest BCUT2D eigenvalue weighted by Gasteiger charge is -2.15. The molecule has 0 radical (unpaired) electrons. The number of hydrogen-bond acceptors (Lipinski definition) is 2. The molecule has 5 heteroatoms. The van der Waals surface area contributed by atoms with Crippen molar-refractivity contribution in [3.63, 3.8) is 0 Å². The van der Waals surface area contributed by atoms with E-state index in [9.17, 15) is 4.39 Å². The fraction of sp³-hybridized carbons (Fsp3) is 0.308. The second-order valence-corrected chi connectivity index (χ2v) is 4.58. The zero-order valence-corrected chi connectivity index (χ0v) is 10.8. The molecular formula is C13H15ClFN3. The Balaban J connectivity index is 1.89. The molecule has 1 unspecified atom stereocenters. The highest BCUT2D eigenvalue weighted by molar-refractivity contribution is 6.31. The van der Waals surface area contributed by atoms with Crippen LogP contribution in [0.1, 0.15) is 24.2 Å². The van der Waals surface area contributed by atoms with E-state index in [0.717, 1.165) is 24.2 Å². The first-order chi connectivity index (χ1) is 8.66. The van der Waals surface area contributed by atoms with Gasteiger partial charge in [0.2, 0.25) is 0 Å². The molecular weight excluding hydrogens is 253 g/mol. The summed E-state index contributed by atoms with van der Waals surface area (Å²) in [4.78, 5) is 7.00. The number of nitrogens with one attached hydrogen (secondary N) is 2. The second kappa shape index (κ2) is 5.98. The minimum absolute atomic E-state index is 0.0843. The number of H-pyrrole nitrogens is 1. The van der Waals surface area contributed by atoms with E-state index in [4.69, 9.17) is 11.6 Å². The average molecular weight is 268 g/mol. The van der Waals surface area contributed by atoms with Crippen LogP contribution in [0, 0.1) is 5.82 Å². The summed E-state index contributed by atoms with van der Waals surface area (Å²) in [5.74, 6) is -0.312. The minimum Gasteiger partial charge on any atom is -0.348 e. The van der Waals surface area contributed by atoms with Gasteiger partial charge in [-0.3, -0.25) is 0 Å². The van der Waals surface area contributed by atoms with Crippen LogP contribution in [0.15, 0.2) is 30.7 Å². The second-order valence-electron chi connectivity index (χ2n) is 4.17. The Kier molecular flexibility index (Phi) is 4.33. The quantitative estimate of drug-likeness (QED) is 0.874. The van der Waals surface area contributed by atoms with Crippen molar-refractivity contribution < 1.29 is 4.39 Å². The standard InChI is InChI=1S/C13H15ClFN3/c1-9(12-3-2-10(15)6-13(12)14)17-5-4-11-7-16-8-18-11/h2-3,6-9,17H,4-5H2,1H3,(H,16,18). The molecule has 0 saturated carbocycles. The lowest BCUT2D eigenvalue weighted by molar-refractivity contribution is 0.571. The number of halogens is 2. The minimum atomic E-state index is -0.312. The van der Waals surface area contributed by atoms with Gasteiger partial charge in [-0.1, -0.05) is 17.7 Å². The van der Waals surface area contributed by atoms with E-state index in [1.165, 1.54) is 12.1 Å². The third kappa shape index (κ3) is 3.31. The van der Waals surface area contributed by atoms with Crippen molar-refractivity contribution in [2.75, 3.05) is 6.54 Å². The lowest BCUT2D eigenvalue weighted by Crippen LogP contribution is -2.21. The largest absolute Gasteiger partial charge is 0.348 e. The number of aromatic amines is 1. The van der Waals surface area contributed by atoms with E-state index in [2.05, 4.69) is 15.3 Å². The lowest BCUT2D eigenvalue weighted by atomic mass is 10.1. The number of imidazole rings is 1. The van der Waals surface area contributed by atoms with E-state index in [-0.39, 0.29) is 11.9 Å². The average Bonchev–Trinajstić information content (AvgIpc) is 2.81. The van der Waals surface area contributed by atoms with Crippen molar-refractivity contribution >= 4 is 11.6 Å². The molecule has 3 nitrogen and oxygen atoms in total. The number of hydrogen-bond donors (Lipinski definition) is 2. The molecule has 0 spiro atoms. The van der Waals surface area contributed by atoms with Crippen molar-refractivity contribution in [2.45, 2.75) is 19.4 Å². The van der Waals surface area contributed by atoms with Crippen LogP contribution >= 0.6 is 11.6 Å². The first-order valence-electron chi connectivity index (χ1n) is 5.82. The molecule has 96 valence electrons. The Morgan fingerprint density at radius 2 is 2.33 bits per heavy atom. The van der Waals surface area contributed by atoms with Crippen molar-refractivity contribution in [1.82, 2.24) is 15.3 Å². The number of benzene rings is 1. The van der Waals surface area contributed by atoms with Gasteiger partial charge >= 0.3 is 0 Å². The first kappa shape index (κ1) is 13.1. The van der Waals surface area contributed by atoms with Gasteiger partial charge in [-0.15, -0.1) is 0 Å². The Hall–Kier alpha value is -1.39. The van der Waals surface area contributed by atoms with Crippen LogP contribution in [0.25, 0.3) is 0 Å². The number of rotatable bonds is 5. The summed E-state index contributed by atoms with van der Waals surface area (Å²) < 4.78 is 12.9. The molecule has 0 fully saturated rings. The van der Waals surface area contributed by atoms with Gasteiger partial charge in [0, 0.05) is 35.9 Å². The van der Waals surface area contributed by atoms with Gasteiger partial charge < -0.3 is 10.3 Å². The summed E-state index contributed by atoms with van der Waals surface area (Å²) in [6.07, 6.45) is 4.33. The third-order valence-electron chi connectivity index (χ3n) is 2.83. The molecule has 2 rings (SSSR count). The van der Waals surface area contributed by atoms with Crippen molar-refractivity contribution in [3.8, 4) is 0 Å². The van der Waals surface area contributed by atoms with Gasteiger partial charge in [0.1, 0.15) is 5.82 Å². The fourth-order valence-corrected chi connectivity index (χ4v) is 2.14. The molecule has 0 aliphatic carbocycles. The molecule has 1 atom stereocenters. The zero-order valence-electron chi connectivity index (χ0n) is 10.1. The summed E-state index contributed by atoms with van der Waals surface area (Å²) in [6.45, 7) is 2.81. The van der Waals surface area contributed by atoms with E-state index in [0.29, 0.717) is 5.02 Å². The molecule has 1 heterocycles. The highest BCUT2D eigenvalue weighted by atomic mass is 35.5. The van der Waals surface area contributed by atoms with Crippen LogP contribution in [-0.4, -0.2) is 16.5 Å². The Morgan fingerprint density at radius 3 is 3.00 bits per heavy atom. The van der Waals surface area contributed by atoms with E-state index in [1.54, 1.807) is 18.6 Å². The Labute approximate surface area is 110 Å². The van der Waals surface area contributed by atoms with Crippen molar-refractivity contribution in [1.29, 1.82) is 0 Å². The van der Waals surface area contributed by atoms with Crippen LogP contribution in [0.4, 0.5) is 4.39 Å². The number of aromatic nitrogens is 2. The van der Waals surface area contributed by atoms with Gasteiger partial charge in [-0.05, 0) is 24.6 Å². The molecule has 0 amide bonds. The van der Waals surface area contributed by atoms with Crippen LogP contribution < -0.4 is 5.32 Å². The fourth-order valence-electron chi connectivity index (χ4n) is 1.81. The smallest absolute Gasteiger partial charge is 0.124 e. The van der Waals surface area contributed by atoms with Crippen LogP contribution in [-0.2, 0) is 6.42 Å². The molecule has 0 aliphatic heterocycles.